The molecule has 0 aliphatic rings. The van der Waals surface area contributed by atoms with Gasteiger partial charge in [0.25, 0.3) is 11.8 Å². The summed E-state index contributed by atoms with van der Waals surface area (Å²) in [6.07, 6.45) is 2.54. The molecule has 0 unspecified atom stereocenters. The van der Waals surface area contributed by atoms with Crippen LogP contribution < -0.4 is 16.0 Å². The Bertz CT molecular complexity index is 757. The number of aromatic nitrogens is 1. The topological polar surface area (TPSA) is 83.1 Å². The minimum atomic E-state index is -0.231. The molecule has 2 rings (SSSR count). The lowest BCUT2D eigenvalue weighted by atomic mass is 10.1. The summed E-state index contributed by atoms with van der Waals surface area (Å²) in [5.41, 5.74) is 2.04. The molecule has 3 N–H and O–H groups in total. The molecular formula is C18H24N4O2S. The molecule has 1 atom stereocenters. The molecule has 7 heteroatoms. The van der Waals surface area contributed by atoms with E-state index in [0.717, 1.165) is 17.1 Å². The van der Waals surface area contributed by atoms with Gasteiger partial charge in [-0.1, -0.05) is 24.3 Å². The lowest BCUT2D eigenvalue weighted by molar-refractivity contribution is 0.0954. The maximum atomic E-state index is 12.5. The van der Waals surface area contributed by atoms with Gasteiger partial charge in [0.2, 0.25) is 0 Å². The van der Waals surface area contributed by atoms with E-state index in [4.69, 9.17) is 0 Å². The number of nitrogens with zero attached hydrogens (tertiary/aromatic N) is 1. The molecule has 0 aliphatic heterocycles. The second-order valence-corrected chi connectivity index (χ2v) is 6.86. The van der Waals surface area contributed by atoms with Gasteiger partial charge in [0.15, 0.2) is 5.13 Å². The normalized spacial score (nSPS) is 11.7. The monoisotopic (exact) mass is 360 g/mol. The Kier molecular flexibility index (Phi) is 6.52. The summed E-state index contributed by atoms with van der Waals surface area (Å²) in [6.45, 7) is 8.46. The number of thiazole rings is 1. The number of amides is 2. The number of nitrogens with one attached hydrogen (secondary N) is 3. The fourth-order valence-corrected chi connectivity index (χ4v) is 2.93. The smallest absolute Gasteiger partial charge is 0.267 e. The summed E-state index contributed by atoms with van der Waals surface area (Å²) in [4.78, 5) is 29.2. The van der Waals surface area contributed by atoms with Gasteiger partial charge in [-0.3, -0.25) is 9.59 Å². The van der Waals surface area contributed by atoms with Crippen molar-refractivity contribution in [2.24, 2.45) is 0 Å². The van der Waals surface area contributed by atoms with Crippen LogP contribution in [0.1, 0.15) is 52.8 Å². The van der Waals surface area contributed by atoms with Gasteiger partial charge in [-0.25, -0.2) is 4.98 Å². The number of rotatable bonds is 7. The Hall–Kier alpha value is -2.41. The van der Waals surface area contributed by atoms with Crippen LogP contribution in [0.25, 0.3) is 0 Å². The van der Waals surface area contributed by atoms with Crippen LogP contribution in [-0.4, -0.2) is 29.4 Å². The van der Waals surface area contributed by atoms with E-state index < -0.39 is 0 Å². The van der Waals surface area contributed by atoms with Crippen LogP contribution in [0.5, 0.6) is 0 Å². The highest BCUT2D eigenvalue weighted by molar-refractivity contribution is 7.17. The van der Waals surface area contributed by atoms with Crippen molar-refractivity contribution in [2.45, 2.75) is 40.2 Å². The van der Waals surface area contributed by atoms with E-state index in [-0.39, 0.29) is 11.8 Å². The molecule has 0 spiro atoms. The van der Waals surface area contributed by atoms with E-state index in [1.54, 1.807) is 18.3 Å². The van der Waals surface area contributed by atoms with Crippen molar-refractivity contribution < 1.29 is 9.59 Å². The molecule has 6 nitrogen and oxygen atoms in total. The summed E-state index contributed by atoms with van der Waals surface area (Å²) in [5.74, 6) is -0.387. The van der Waals surface area contributed by atoms with Crippen LogP contribution >= 0.6 is 11.3 Å². The maximum absolute atomic E-state index is 12.5. The summed E-state index contributed by atoms with van der Waals surface area (Å²) in [5, 5.41) is 9.60. The van der Waals surface area contributed by atoms with Crippen molar-refractivity contribution in [2.75, 3.05) is 17.2 Å². The maximum Gasteiger partial charge on any atom is 0.267 e. The summed E-state index contributed by atoms with van der Waals surface area (Å²) < 4.78 is 0. The zero-order valence-corrected chi connectivity index (χ0v) is 15.8. The SMILES string of the molecule is CCNC(=O)c1ccc(C)c(NC(=O)c2cnc(N[C@@H](C)CC)s2)c1. The third-order valence-corrected chi connectivity index (χ3v) is 4.72. The van der Waals surface area contributed by atoms with E-state index in [1.807, 2.05) is 19.9 Å². The van der Waals surface area contributed by atoms with Crippen LogP contribution in [0.4, 0.5) is 10.8 Å². The first-order chi connectivity index (χ1) is 11.9. The van der Waals surface area contributed by atoms with Gasteiger partial charge in [-0.15, -0.1) is 0 Å². The molecular weight excluding hydrogens is 336 g/mol. The predicted molar refractivity (Wildman–Crippen MR) is 103 cm³/mol. The molecule has 25 heavy (non-hydrogen) atoms. The first-order valence-electron chi connectivity index (χ1n) is 8.37. The Morgan fingerprint density at radius 1 is 1.24 bits per heavy atom. The molecule has 1 aromatic carbocycles. The van der Waals surface area contributed by atoms with E-state index in [2.05, 4.69) is 34.8 Å². The van der Waals surface area contributed by atoms with Gasteiger partial charge in [0, 0.05) is 23.8 Å². The highest BCUT2D eigenvalue weighted by Gasteiger charge is 2.14. The lowest BCUT2D eigenvalue weighted by Crippen LogP contribution is -2.23. The standard InChI is InChI=1S/C18H24N4O2S/c1-5-12(4)21-18-20-10-15(25-18)17(24)22-14-9-13(8-7-11(14)3)16(23)19-6-2/h7-10,12H,5-6H2,1-4H3,(H,19,23)(H,20,21)(H,22,24)/t12-/m0/s1. The summed E-state index contributed by atoms with van der Waals surface area (Å²) in [6, 6.07) is 5.56. The van der Waals surface area contributed by atoms with Crippen molar-refractivity contribution >= 4 is 34.0 Å². The third-order valence-electron chi connectivity index (χ3n) is 3.80. The molecule has 0 bridgehead atoms. The number of carbonyl (C=O) groups excluding carboxylic acids is 2. The van der Waals surface area contributed by atoms with Crippen molar-refractivity contribution in [1.29, 1.82) is 0 Å². The average molecular weight is 360 g/mol. The molecule has 0 radical (unpaired) electrons. The van der Waals surface area contributed by atoms with Gasteiger partial charge in [0.1, 0.15) is 4.88 Å². The van der Waals surface area contributed by atoms with Gasteiger partial charge < -0.3 is 16.0 Å². The quantitative estimate of drug-likeness (QED) is 0.703. The first kappa shape index (κ1) is 18.9. The van der Waals surface area contributed by atoms with E-state index in [9.17, 15) is 9.59 Å². The van der Waals surface area contributed by atoms with Crippen molar-refractivity contribution in [1.82, 2.24) is 10.3 Å². The van der Waals surface area contributed by atoms with Crippen LogP contribution in [0.3, 0.4) is 0 Å². The van der Waals surface area contributed by atoms with Gasteiger partial charge >= 0.3 is 0 Å². The number of hydrogen-bond donors (Lipinski definition) is 3. The molecule has 0 saturated carbocycles. The number of anilines is 2. The molecule has 134 valence electrons. The third kappa shape index (κ3) is 5.03. The summed E-state index contributed by atoms with van der Waals surface area (Å²) >= 11 is 1.31. The molecule has 1 aromatic heterocycles. The number of carbonyl (C=O) groups is 2. The molecule has 0 saturated heterocycles. The minimum Gasteiger partial charge on any atom is -0.359 e. The zero-order valence-electron chi connectivity index (χ0n) is 15.0. The molecule has 0 aliphatic carbocycles. The first-order valence-corrected chi connectivity index (χ1v) is 9.18. The summed E-state index contributed by atoms with van der Waals surface area (Å²) in [7, 11) is 0. The number of benzene rings is 1. The fourth-order valence-electron chi connectivity index (χ4n) is 2.10. The predicted octanol–water partition coefficient (Wildman–Crippen LogP) is 3.66. The van der Waals surface area contributed by atoms with Crippen molar-refractivity contribution in [3.05, 3.63) is 40.4 Å². The number of aryl methyl sites for hydroxylation is 1. The molecule has 2 amide bonds. The molecule has 0 fully saturated rings. The van der Waals surface area contributed by atoms with Crippen molar-refractivity contribution in [3.63, 3.8) is 0 Å². The average Bonchev–Trinajstić information content (AvgIpc) is 3.05. The highest BCUT2D eigenvalue weighted by atomic mass is 32.1. The van der Waals surface area contributed by atoms with Gasteiger partial charge in [-0.05, 0) is 44.9 Å². The Morgan fingerprint density at radius 2 is 2.00 bits per heavy atom. The van der Waals surface area contributed by atoms with E-state index in [1.165, 1.54) is 11.3 Å². The highest BCUT2D eigenvalue weighted by Crippen LogP contribution is 2.22. The van der Waals surface area contributed by atoms with Gasteiger partial charge in [0.05, 0.1) is 6.20 Å². The second-order valence-electron chi connectivity index (χ2n) is 5.83. The Labute approximate surface area is 152 Å². The molecule has 1 heterocycles. The second kappa shape index (κ2) is 8.62. The zero-order chi connectivity index (χ0) is 18.4. The van der Waals surface area contributed by atoms with E-state index >= 15 is 0 Å². The molecule has 2 aromatic rings. The fraction of sp³-hybridized carbons (Fsp3) is 0.389. The van der Waals surface area contributed by atoms with Crippen molar-refractivity contribution in [3.8, 4) is 0 Å². The van der Waals surface area contributed by atoms with Crippen LogP contribution in [0, 0.1) is 6.92 Å². The van der Waals surface area contributed by atoms with Crippen LogP contribution in [-0.2, 0) is 0 Å². The number of hydrogen-bond acceptors (Lipinski definition) is 5. The van der Waals surface area contributed by atoms with Crippen LogP contribution in [0.15, 0.2) is 24.4 Å². The van der Waals surface area contributed by atoms with Gasteiger partial charge in [-0.2, -0.15) is 0 Å². The van der Waals surface area contributed by atoms with E-state index in [0.29, 0.717) is 28.7 Å². The Balaban J connectivity index is 2.12. The largest absolute Gasteiger partial charge is 0.359 e. The van der Waals surface area contributed by atoms with Crippen LogP contribution in [0.2, 0.25) is 0 Å². The Morgan fingerprint density at radius 3 is 2.68 bits per heavy atom. The lowest BCUT2D eigenvalue weighted by Gasteiger charge is -2.10. The minimum absolute atomic E-state index is 0.157.